The van der Waals surface area contributed by atoms with Gasteiger partial charge in [-0.25, -0.2) is 4.39 Å². The van der Waals surface area contributed by atoms with Crippen LogP contribution in [0.5, 0.6) is 5.75 Å². The number of rotatable bonds is 5. The maximum Gasteiger partial charge on any atom is 0.271 e. The van der Waals surface area contributed by atoms with Gasteiger partial charge < -0.3 is 9.64 Å². The van der Waals surface area contributed by atoms with Gasteiger partial charge in [-0.05, 0) is 41.8 Å². The molecule has 0 saturated heterocycles. The average molecular weight is 392 g/mol. The van der Waals surface area contributed by atoms with Crippen LogP contribution in [0.1, 0.15) is 21.5 Å². The Morgan fingerprint density at radius 2 is 1.86 bits per heavy atom. The molecule has 1 aliphatic rings. The van der Waals surface area contributed by atoms with Crippen molar-refractivity contribution < 1.29 is 18.8 Å². The minimum absolute atomic E-state index is 0.0516. The van der Waals surface area contributed by atoms with Crippen LogP contribution < -0.4 is 9.64 Å². The van der Waals surface area contributed by atoms with E-state index < -0.39 is 4.92 Å². The molecule has 29 heavy (non-hydrogen) atoms. The number of benzene rings is 3. The summed E-state index contributed by atoms with van der Waals surface area (Å²) in [5.74, 6) is -0.203. The third kappa shape index (κ3) is 3.80. The molecule has 7 heteroatoms. The van der Waals surface area contributed by atoms with Crippen molar-refractivity contribution >= 4 is 17.3 Å². The summed E-state index contributed by atoms with van der Waals surface area (Å²) >= 11 is 0. The van der Waals surface area contributed by atoms with Gasteiger partial charge in [-0.15, -0.1) is 0 Å². The summed E-state index contributed by atoms with van der Waals surface area (Å²) in [6, 6.07) is 17.4. The predicted molar refractivity (Wildman–Crippen MR) is 106 cm³/mol. The maximum atomic E-state index is 13.2. The number of hydrogen-bond donors (Lipinski definition) is 0. The van der Waals surface area contributed by atoms with Crippen LogP contribution in [0.4, 0.5) is 15.8 Å². The molecular formula is C22H17FN2O4. The summed E-state index contributed by atoms with van der Waals surface area (Å²) in [6.45, 7) is 0.633. The molecule has 0 radical (unpaired) electrons. The van der Waals surface area contributed by atoms with E-state index in [2.05, 4.69) is 0 Å². The molecule has 1 amide bonds. The molecule has 0 aliphatic carbocycles. The first kappa shape index (κ1) is 18.6. The molecule has 1 aliphatic heterocycles. The lowest BCUT2D eigenvalue weighted by molar-refractivity contribution is -0.384. The molecule has 4 rings (SSSR count). The smallest absolute Gasteiger partial charge is 0.271 e. The van der Waals surface area contributed by atoms with Gasteiger partial charge in [0.05, 0.1) is 16.2 Å². The second-order valence-electron chi connectivity index (χ2n) is 6.69. The summed E-state index contributed by atoms with van der Waals surface area (Å²) < 4.78 is 18.9. The predicted octanol–water partition coefficient (Wildman–Crippen LogP) is 4.52. The van der Waals surface area contributed by atoms with Crippen LogP contribution in [-0.4, -0.2) is 17.4 Å². The quantitative estimate of drug-likeness (QED) is 0.473. The van der Waals surface area contributed by atoms with E-state index in [0.717, 1.165) is 11.1 Å². The highest BCUT2D eigenvalue weighted by Crippen LogP contribution is 2.34. The first-order chi connectivity index (χ1) is 14.0. The molecule has 0 saturated carbocycles. The molecule has 0 atom stereocenters. The number of fused-ring (bicyclic) bond motifs is 1. The number of para-hydroxylation sites is 1. The van der Waals surface area contributed by atoms with Gasteiger partial charge in [0.15, 0.2) is 0 Å². The molecule has 0 spiro atoms. The third-order valence-corrected chi connectivity index (χ3v) is 4.85. The second-order valence-corrected chi connectivity index (χ2v) is 6.69. The highest BCUT2D eigenvalue weighted by Gasteiger charge is 2.29. The van der Waals surface area contributed by atoms with Gasteiger partial charge >= 0.3 is 0 Å². The van der Waals surface area contributed by atoms with Gasteiger partial charge in [-0.2, -0.15) is 0 Å². The first-order valence-electron chi connectivity index (χ1n) is 9.08. The van der Waals surface area contributed by atoms with Crippen molar-refractivity contribution in [3.63, 3.8) is 0 Å². The molecular weight excluding hydrogens is 375 g/mol. The van der Waals surface area contributed by atoms with Gasteiger partial charge in [0.25, 0.3) is 11.6 Å². The molecule has 0 N–H and O–H groups in total. The molecule has 3 aromatic rings. The Balaban J connectivity index is 1.58. The van der Waals surface area contributed by atoms with Crippen LogP contribution in [0.15, 0.2) is 66.7 Å². The molecule has 6 nitrogen and oxygen atoms in total. The Labute approximate surface area is 166 Å². The van der Waals surface area contributed by atoms with E-state index in [1.807, 2.05) is 0 Å². The fourth-order valence-corrected chi connectivity index (χ4v) is 3.35. The highest BCUT2D eigenvalue weighted by atomic mass is 19.1. The Morgan fingerprint density at radius 1 is 1.10 bits per heavy atom. The van der Waals surface area contributed by atoms with Gasteiger partial charge in [-0.1, -0.05) is 30.3 Å². The van der Waals surface area contributed by atoms with Crippen molar-refractivity contribution in [3.8, 4) is 5.75 Å². The molecule has 3 aromatic carbocycles. The van der Waals surface area contributed by atoms with Crippen molar-refractivity contribution in [2.45, 2.75) is 13.0 Å². The normalized spacial score (nSPS) is 12.5. The highest BCUT2D eigenvalue weighted by molar-refractivity contribution is 6.09. The molecule has 0 aromatic heterocycles. The Hall–Kier alpha value is -3.74. The number of carbonyl (C=O) groups excluding carboxylic acids is 1. The molecule has 146 valence electrons. The van der Waals surface area contributed by atoms with Crippen LogP contribution in [0.25, 0.3) is 0 Å². The summed E-state index contributed by atoms with van der Waals surface area (Å²) in [4.78, 5) is 25.4. The molecule has 0 fully saturated rings. The van der Waals surface area contributed by atoms with Crippen molar-refractivity contribution in [2.75, 3.05) is 11.4 Å². The van der Waals surface area contributed by atoms with E-state index >= 15 is 0 Å². The fraction of sp³-hybridized carbons (Fsp3) is 0.136. The summed E-state index contributed by atoms with van der Waals surface area (Å²) in [5, 5.41) is 11.1. The fourth-order valence-electron chi connectivity index (χ4n) is 3.35. The lowest BCUT2D eigenvalue weighted by Gasteiger charge is -2.19. The Kier molecular flexibility index (Phi) is 4.95. The number of carbonyl (C=O) groups is 1. The lowest BCUT2D eigenvalue weighted by Crippen LogP contribution is -2.29. The van der Waals surface area contributed by atoms with E-state index in [9.17, 15) is 19.3 Å². The van der Waals surface area contributed by atoms with E-state index in [4.69, 9.17) is 4.74 Å². The van der Waals surface area contributed by atoms with Crippen molar-refractivity contribution in [3.05, 3.63) is 99.4 Å². The van der Waals surface area contributed by atoms with Crippen LogP contribution in [0.3, 0.4) is 0 Å². The van der Waals surface area contributed by atoms with E-state index in [-0.39, 0.29) is 24.0 Å². The van der Waals surface area contributed by atoms with Gasteiger partial charge in [0.1, 0.15) is 18.2 Å². The summed E-state index contributed by atoms with van der Waals surface area (Å²) in [5.41, 5.74) is 2.54. The van der Waals surface area contributed by atoms with Crippen LogP contribution in [0, 0.1) is 15.9 Å². The monoisotopic (exact) mass is 392 g/mol. The topological polar surface area (TPSA) is 72.7 Å². The number of ether oxygens (including phenoxy) is 1. The SMILES string of the molecule is O=C(c1ccccc1OCc1ccc(F)cc1)N1CCc2ccc([N+](=O)[O-])cc21. The van der Waals surface area contributed by atoms with E-state index in [1.165, 1.54) is 24.3 Å². The van der Waals surface area contributed by atoms with Crippen molar-refractivity contribution in [1.82, 2.24) is 0 Å². The second kappa shape index (κ2) is 7.71. The van der Waals surface area contributed by atoms with Crippen LogP contribution in [0.2, 0.25) is 0 Å². The summed E-state index contributed by atoms with van der Waals surface area (Å²) in [7, 11) is 0. The van der Waals surface area contributed by atoms with E-state index in [0.29, 0.717) is 30.0 Å². The number of hydrogen-bond acceptors (Lipinski definition) is 4. The van der Waals surface area contributed by atoms with Crippen molar-refractivity contribution in [2.24, 2.45) is 0 Å². The number of nitro benzene ring substituents is 1. The van der Waals surface area contributed by atoms with Crippen LogP contribution >= 0.6 is 0 Å². The van der Waals surface area contributed by atoms with Gasteiger partial charge in [0, 0.05) is 18.7 Å². The van der Waals surface area contributed by atoms with Gasteiger partial charge in [0.2, 0.25) is 0 Å². The zero-order valence-electron chi connectivity index (χ0n) is 15.4. The minimum atomic E-state index is -0.471. The Bertz CT molecular complexity index is 1080. The molecule has 0 unspecified atom stereocenters. The number of non-ortho nitro benzene ring substituents is 1. The van der Waals surface area contributed by atoms with Crippen LogP contribution in [-0.2, 0) is 13.0 Å². The zero-order chi connectivity index (χ0) is 20.4. The van der Waals surface area contributed by atoms with Gasteiger partial charge in [-0.3, -0.25) is 14.9 Å². The molecule has 1 heterocycles. The largest absolute Gasteiger partial charge is 0.488 e. The zero-order valence-corrected chi connectivity index (χ0v) is 15.4. The maximum absolute atomic E-state index is 13.2. The number of nitro groups is 1. The Morgan fingerprint density at radius 3 is 2.62 bits per heavy atom. The van der Waals surface area contributed by atoms with E-state index in [1.54, 1.807) is 47.4 Å². The summed E-state index contributed by atoms with van der Waals surface area (Å²) in [6.07, 6.45) is 0.637. The number of amides is 1. The average Bonchev–Trinajstić information content (AvgIpc) is 3.16. The minimum Gasteiger partial charge on any atom is -0.488 e. The number of halogens is 1. The third-order valence-electron chi connectivity index (χ3n) is 4.85. The number of anilines is 1. The standard InChI is InChI=1S/C22H17FN2O4/c23-17-8-5-15(6-9-17)14-29-21-4-2-1-3-19(21)22(26)24-12-11-16-7-10-18(25(27)28)13-20(16)24/h1-10,13H,11-12,14H2. The van der Waals surface area contributed by atoms with Crippen molar-refractivity contribution in [1.29, 1.82) is 0 Å². The lowest BCUT2D eigenvalue weighted by atomic mass is 10.1. The number of nitrogens with zero attached hydrogens (tertiary/aromatic N) is 2. The first-order valence-corrected chi connectivity index (χ1v) is 9.08. The molecule has 0 bridgehead atoms.